The number of rotatable bonds is 9. The Morgan fingerprint density at radius 2 is 2.00 bits per heavy atom. The Bertz CT molecular complexity index is 1190. The zero-order valence-electron chi connectivity index (χ0n) is 24.1. The zero-order chi connectivity index (χ0) is 28.8. The molecule has 5 rings (SSSR count). The lowest BCUT2D eigenvalue weighted by Gasteiger charge is -2.38. The van der Waals surface area contributed by atoms with E-state index in [1.807, 2.05) is 39.0 Å². The van der Waals surface area contributed by atoms with E-state index < -0.39 is 29.6 Å². The van der Waals surface area contributed by atoms with Gasteiger partial charge in [-0.2, -0.15) is 0 Å². The highest BCUT2D eigenvalue weighted by molar-refractivity contribution is 6.31. The monoisotopic (exact) mass is 571 g/mol. The van der Waals surface area contributed by atoms with Crippen LogP contribution >= 0.6 is 11.6 Å². The largest absolute Gasteiger partial charge is 0.379 e. The van der Waals surface area contributed by atoms with Crippen LogP contribution in [0.15, 0.2) is 30.4 Å². The van der Waals surface area contributed by atoms with Gasteiger partial charge in [-0.25, -0.2) is 0 Å². The number of carbonyl (C=O) groups excluding carboxylic acids is 3. The van der Waals surface area contributed by atoms with E-state index in [0.29, 0.717) is 42.1 Å². The molecule has 1 spiro atoms. The number of nitrogens with one attached hydrogen (secondary N) is 2. The first-order chi connectivity index (χ1) is 19.0. The van der Waals surface area contributed by atoms with E-state index in [1.54, 1.807) is 17.0 Å². The second-order valence-corrected chi connectivity index (χ2v) is 12.7. The molecule has 40 heavy (non-hydrogen) atoms. The highest BCUT2D eigenvalue weighted by Gasteiger charge is 2.72. The third-order valence-corrected chi connectivity index (χ3v) is 9.80. The molecule has 4 aliphatic rings. The number of hydrogen-bond acceptors (Lipinski definition) is 5. The number of amides is 3. The van der Waals surface area contributed by atoms with Gasteiger partial charge in [-0.05, 0) is 63.1 Å². The maximum atomic E-state index is 14.1. The third kappa shape index (κ3) is 5.19. The number of likely N-dealkylation sites (tertiary alicyclic amines) is 1. The van der Waals surface area contributed by atoms with E-state index in [-0.39, 0.29) is 29.9 Å². The molecule has 1 aliphatic carbocycles. The molecule has 3 amide bonds. The Balaban J connectivity index is 1.41. The lowest BCUT2D eigenvalue weighted by atomic mass is 9.73. The average Bonchev–Trinajstić information content (AvgIpc) is 3.54. The topological polar surface area (TPSA) is 97.0 Å². The standard InChI is InChI=1S/C31H42ClN3O5/c1-17(2)39-15-7-14-35-27(29(37)34-23-9-6-8-18(3)20(23)5)31-13-12-24(40-31)25(26(31)30(35)38)28(36)33-21-11-10-19(4)22(32)16-21/h10-13,16-18,20,23-27H,6-9,14-15H2,1-5H3,(H,33,36)(H,34,37)/t18?,20?,23?,24-,25?,26-,27?,31?/m0/s1. The van der Waals surface area contributed by atoms with Crippen molar-refractivity contribution in [3.05, 3.63) is 40.9 Å². The molecule has 2 N–H and O–H groups in total. The van der Waals surface area contributed by atoms with Gasteiger partial charge in [0.05, 0.1) is 24.0 Å². The Kier molecular flexibility index (Phi) is 8.33. The molecule has 9 heteroatoms. The minimum atomic E-state index is -1.18. The molecule has 1 aromatic rings. The molecule has 3 heterocycles. The molecule has 0 aromatic heterocycles. The summed E-state index contributed by atoms with van der Waals surface area (Å²) in [6.07, 6.45) is 6.91. The summed E-state index contributed by atoms with van der Waals surface area (Å²) in [4.78, 5) is 43.4. The van der Waals surface area contributed by atoms with Gasteiger partial charge in [0.25, 0.3) is 0 Å². The first kappa shape index (κ1) is 29.1. The van der Waals surface area contributed by atoms with E-state index in [2.05, 4.69) is 24.5 Å². The van der Waals surface area contributed by atoms with Gasteiger partial charge in [0.15, 0.2) is 0 Å². The van der Waals surface area contributed by atoms with Crippen molar-refractivity contribution in [1.82, 2.24) is 10.2 Å². The fraction of sp³-hybridized carbons (Fsp3) is 0.645. The van der Waals surface area contributed by atoms with Gasteiger partial charge in [0.2, 0.25) is 17.7 Å². The molecule has 8 atom stereocenters. The van der Waals surface area contributed by atoms with Crippen LogP contribution in [0.2, 0.25) is 5.02 Å². The maximum absolute atomic E-state index is 14.1. The van der Waals surface area contributed by atoms with Gasteiger partial charge >= 0.3 is 0 Å². The number of ether oxygens (including phenoxy) is 2. The number of anilines is 1. The van der Waals surface area contributed by atoms with Crippen LogP contribution in [0, 0.1) is 30.6 Å². The predicted octanol–water partition coefficient (Wildman–Crippen LogP) is 4.49. The molecule has 6 unspecified atom stereocenters. The lowest BCUT2D eigenvalue weighted by molar-refractivity contribution is -0.142. The van der Waals surface area contributed by atoms with Gasteiger partial charge in [0.1, 0.15) is 11.6 Å². The van der Waals surface area contributed by atoms with Crippen molar-refractivity contribution in [3.8, 4) is 0 Å². The predicted molar refractivity (Wildman–Crippen MR) is 154 cm³/mol. The normalized spacial score (nSPS) is 34.4. The van der Waals surface area contributed by atoms with Crippen molar-refractivity contribution in [2.24, 2.45) is 23.7 Å². The van der Waals surface area contributed by atoms with Crippen molar-refractivity contribution in [2.75, 3.05) is 18.5 Å². The maximum Gasteiger partial charge on any atom is 0.246 e. The number of aryl methyl sites for hydroxylation is 1. The summed E-state index contributed by atoms with van der Waals surface area (Å²) < 4.78 is 12.2. The highest BCUT2D eigenvalue weighted by Crippen LogP contribution is 2.55. The minimum absolute atomic E-state index is 0.0425. The van der Waals surface area contributed by atoms with Gasteiger partial charge in [0, 0.05) is 29.9 Å². The first-order valence-electron chi connectivity index (χ1n) is 14.7. The average molecular weight is 572 g/mol. The van der Waals surface area contributed by atoms with E-state index >= 15 is 0 Å². The van der Waals surface area contributed by atoms with Crippen molar-refractivity contribution < 1.29 is 23.9 Å². The Morgan fingerprint density at radius 1 is 1.23 bits per heavy atom. The Morgan fingerprint density at radius 3 is 2.73 bits per heavy atom. The molecule has 3 fully saturated rings. The van der Waals surface area contributed by atoms with E-state index in [9.17, 15) is 14.4 Å². The summed E-state index contributed by atoms with van der Waals surface area (Å²) in [6.45, 7) is 11.1. The van der Waals surface area contributed by atoms with Crippen LogP contribution in [0.25, 0.3) is 0 Å². The smallest absolute Gasteiger partial charge is 0.246 e. The second-order valence-electron chi connectivity index (χ2n) is 12.3. The van der Waals surface area contributed by atoms with Crippen LogP contribution in [0.4, 0.5) is 5.69 Å². The third-order valence-electron chi connectivity index (χ3n) is 9.39. The first-order valence-corrected chi connectivity index (χ1v) is 15.1. The van der Waals surface area contributed by atoms with Crippen LogP contribution < -0.4 is 10.6 Å². The van der Waals surface area contributed by atoms with E-state index in [0.717, 1.165) is 24.8 Å². The zero-order valence-corrected chi connectivity index (χ0v) is 24.9. The number of hydrogen-bond donors (Lipinski definition) is 2. The lowest BCUT2D eigenvalue weighted by Crippen LogP contribution is -2.58. The fourth-order valence-corrected chi connectivity index (χ4v) is 7.19. The molecule has 8 nitrogen and oxygen atoms in total. The van der Waals surface area contributed by atoms with Gasteiger partial charge in [-0.3, -0.25) is 14.4 Å². The van der Waals surface area contributed by atoms with Crippen LogP contribution in [0.3, 0.4) is 0 Å². The van der Waals surface area contributed by atoms with Gasteiger partial charge in [-0.15, -0.1) is 0 Å². The number of benzene rings is 1. The molecule has 1 saturated carbocycles. The van der Waals surface area contributed by atoms with Crippen LogP contribution in [-0.2, 0) is 23.9 Å². The van der Waals surface area contributed by atoms with Crippen LogP contribution in [0.5, 0.6) is 0 Å². The molecule has 218 valence electrons. The van der Waals surface area contributed by atoms with Crippen molar-refractivity contribution in [1.29, 1.82) is 0 Å². The van der Waals surface area contributed by atoms with Crippen molar-refractivity contribution >= 4 is 35.0 Å². The summed E-state index contributed by atoms with van der Waals surface area (Å²) in [6, 6.07) is 4.53. The summed E-state index contributed by atoms with van der Waals surface area (Å²) in [5.74, 6) is -1.42. The molecule has 3 aliphatic heterocycles. The number of fused-ring (bicyclic) bond motifs is 1. The molecule has 2 saturated heterocycles. The van der Waals surface area contributed by atoms with E-state index in [4.69, 9.17) is 21.1 Å². The fourth-order valence-electron chi connectivity index (χ4n) is 7.01. The number of carbonyl (C=O) groups is 3. The van der Waals surface area contributed by atoms with Crippen molar-refractivity contribution in [3.63, 3.8) is 0 Å². The molecular formula is C31H42ClN3O5. The van der Waals surface area contributed by atoms with Crippen LogP contribution in [0.1, 0.15) is 58.9 Å². The molecule has 1 aromatic carbocycles. The van der Waals surface area contributed by atoms with Crippen LogP contribution in [-0.4, -0.2) is 65.7 Å². The molecule has 2 bridgehead atoms. The van der Waals surface area contributed by atoms with E-state index in [1.165, 1.54) is 0 Å². The summed E-state index contributed by atoms with van der Waals surface area (Å²) >= 11 is 6.28. The quantitative estimate of drug-likeness (QED) is 0.336. The minimum Gasteiger partial charge on any atom is -0.379 e. The Hall–Kier alpha value is -2.42. The van der Waals surface area contributed by atoms with Crippen molar-refractivity contribution in [2.45, 2.75) is 90.2 Å². The molecular weight excluding hydrogens is 530 g/mol. The SMILES string of the molecule is Cc1ccc(NC(=O)C2[C@@H]3C=CC4(O3)C(C(=O)NC3CCCC(C)C3C)N(CCCOC(C)C)C(=O)[C@H]24)cc1Cl. The summed E-state index contributed by atoms with van der Waals surface area (Å²) in [7, 11) is 0. The summed E-state index contributed by atoms with van der Waals surface area (Å²) in [5, 5.41) is 6.78. The number of halogens is 1. The second kappa shape index (κ2) is 11.5. The Labute approximate surface area is 242 Å². The molecule has 0 radical (unpaired) electrons. The number of nitrogens with zero attached hydrogens (tertiary/aromatic N) is 1. The van der Waals surface area contributed by atoms with Gasteiger partial charge < -0.3 is 25.0 Å². The van der Waals surface area contributed by atoms with Gasteiger partial charge in [-0.1, -0.05) is 56.5 Å². The summed E-state index contributed by atoms with van der Waals surface area (Å²) in [5.41, 5.74) is 0.286. The highest BCUT2D eigenvalue weighted by atomic mass is 35.5.